The molecule has 0 aromatic heterocycles. The van der Waals surface area contributed by atoms with Crippen LogP contribution in [0.3, 0.4) is 0 Å². The summed E-state index contributed by atoms with van der Waals surface area (Å²) in [7, 11) is 0. The Kier molecular flexibility index (Phi) is 5.51. The van der Waals surface area contributed by atoms with Gasteiger partial charge in [-0.2, -0.15) is 8.78 Å². The molecule has 0 heterocycles. The van der Waals surface area contributed by atoms with E-state index >= 15 is 0 Å². The summed E-state index contributed by atoms with van der Waals surface area (Å²) in [6.07, 6.45) is -0.899. The summed E-state index contributed by atoms with van der Waals surface area (Å²) in [5.41, 5.74) is 0.528. The third kappa shape index (κ3) is 4.34. The number of hydrogen-bond donors (Lipinski definition) is 3. The van der Waals surface area contributed by atoms with Gasteiger partial charge in [0, 0.05) is 17.1 Å². The fourth-order valence-electron chi connectivity index (χ4n) is 1.10. The first-order valence-electron chi connectivity index (χ1n) is 4.70. The van der Waals surface area contributed by atoms with Gasteiger partial charge in [-0.15, -0.1) is 0 Å². The van der Waals surface area contributed by atoms with Crippen LogP contribution >= 0.6 is 11.8 Å². The van der Waals surface area contributed by atoms with Crippen molar-refractivity contribution >= 4 is 17.4 Å². The summed E-state index contributed by atoms with van der Waals surface area (Å²) < 4.78 is 24.4. The van der Waals surface area contributed by atoms with Gasteiger partial charge < -0.3 is 15.5 Å². The standard InChI is InChI=1S/C10H13F2NO2S/c11-10(12)16-9-4-2-1-3-8(9)13-5-7(15)6-14/h1-4,7,10,13-15H,5-6H2. The van der Waals surface area contributed by atoms with Gasteiger partial charge in [0.25, 0.3) is 5.76 Å². The van der Waals surface area contributed by atoms with Gasteiger partial charge in [-0.3, -0.25) is 0 Å². The number of benzene rings is 1. The minimum absolute atomic E-state index is 0.122. The fourth-order valence-corrected chi connectivity index (χ4v) is 1.72. The van der Waals surface area contributed by atoms with Crippen molar-refractivity contribution in [2.75, 3.05) is 18.5 Å². The summed E-state index contributed by atoms with van der Waals surface area (Å²) in [4.78, 5) is 0.419. The average Bonchev–Trinajstić information content (AvgIpc) is 2.26. The maximum atomic E-state index is 12.2. The van der Waals surface area contributed by atoms with E-state index in [1.807, 2.05) is 0 Å². The maximum Gasteiger partial charge on any atom is 0.288 e. The number of rotatable bonds is 6. The van der Waals surface area contributed by atoms with E-state index in [4.69, 9.17) is 10.2 Å². The van der Waals surface area contributed by atoms with Crippen LogP contribution < -0.4 is 5.32 Å². The smallest absolute Gasteiger partial charge is 0.288 e. The zero-order chi connectivity index (χ0) is 12.0. The Balaban J connectivity index is 2.63. The molecule has 1 atom stereocenters. The molecule has 0 aliphatic carbocycles. The molecule has 1 rings (SSSR count). The van der Waals surface area contributed by atoms with Crippen molar-refractivity contribution in [3.8, 4) is 0 Å². The minimum Gasteiger partial charge on any atom is -0.394 e. The lowest BCUT2D eigenvalue weighted by Gasteiger charge is -2.13. The van der Waals surface area contributed by atoms with E-state index in [9.17, 15) is 8.78 Å². The molecule has 0 radical (unpaired) electrons. The molecule has 3 nitrogen and oxygen atoms in total. The van der Waals surface area contributed by atoms with Crippen LogP contribution in [0.4, 0.5) is 14.5 Å². The van der Waals surface area contributed by atoms with Crippen LogP contribution in [-0.4, -0.2) is 35.2 Å². The van der Waals surface area contributed by atoms with Crippen molar-refractivity contribution in [1.29, 1.82) is 0 Å². The molecule has 1 unspecified atom stereocenters. The number of halogens is 2. The van der Waals surface area contributed by atoms with Crippen molar-refractivity contribution in [2.24, 2.45) is 0 Å². The molecule has 3 N–H and O–H groups in total. The molecule has 0 spiro atoms. The number of alkyl halides is 2. The van der Waals surface area contributed by atoms with Crippen LogP contribution in [0.15, 0.2) is 29.2 Å². The molecule has 0 saturated heterocycles. The number of nitrogens with one attached hydrogen (secondary N) is 1. The SMILES string of the molecule is OCC(O)CNc1ccccc1SC(F)F. The van der Waals surface area contributed by atoms with Gasteiger partial charge in [-0.1, -0.05) is 23.9 Å². The first-order valence-corrected chi connectivity index (χ1v) is 5.58. The second-order valence-corrected chi connectivity index (χ2v) is 4.12. The lowest BCUT2D eigenvalue weighted by Crippen LogP contribution is -2.23. The Morgan fingerprint density at radius 1 is 1.31 bits per heavy atom. The van der Waals surface area contributed by atoms with Gasteiger partial charge in [-0.25, -0.2) is 0 Å². The monoisotopic (exact) mass is 249 g/mol. The van der Waals surface area contributed by atoms with Crippen LogP contribution in [0.1, 0.15) is 0 Å². The number of aliphatic hydroxyl groups excluding tert-OH is 2. The molecule has 0 aliphatic heterocycles. The summed E-state index contributed by atoms with van der Waals surface area (Å²) >= 11 is 0.444. The fraction of sp³-hybridized carbons (Fsp3) is 0.400. The highest BCUT2D eigenvalue weighted by molar-refractivity contribution is 7.99. The van der Waals surface area contributed by atoms with Crippen molar-refractivity contribution in [1.82, 2.24) is 0 Å². The number of thioether (sulfide) groups is 1. The maximum absolute atomic E-state index is 12.2. The molecule has 90 valence electrons. The predicted octanol–water partition coefficient (Wildman–Crippen LogP) is 1.77. The largest absolute Gasteiger partial charge is 0.394 e. The third-order valence-electron chi connectivity index (χ3n) is 1.84. The number of para-hydroxylation sites is 1. The summed E-state index contributed by atoms with van der Waals surface area (Å²) in [6.45, 7) is -0.242. The topological polar surface area (TPSA) is 52.5 Å². The molecular formula is C10H13F2NO2S. The van der Waals surface area contributed by atoms with E-state index in [1.54, 1.807) is 24.3 Å². The van der Waals surface area contributed by atoms with E-state index < -0.39 is 11.9 Å². The molecule has 0 saturated carbocycles. The van der Waals surface area contributed by atoms with Gasteiger partial charge >= 0.3 is 0 Å². The molecule has 0 amide bonds. The highest BCUT2D eigenvalue weighted by atomic mass is 32.2. The lowest BCUT2D eigenvalue weighted by molar-refractivity contribution is 0.105. The molecule has 16 heavy (non-hydrogen) atoms. The number of aliphatic hydroxyl groups is 2. The van der Waals surface area contributed by atoms with Crippen LogP contribution in [0.25, 0.3) is 0 Å². The van der Waals surface area contributed by atoms with Crippen LogP contribution in [0.5, 0.6) is 0 Å². The molecule has 1 aromatic rings. The molecule has 1 aromatic carbocycles. The van der Waals surface area contributed by atoms with Crippen molar-refractivity contribution < 1.29 is 19.0 Å². The quantitative estimate of drug-likeness (QED) is 0.672. The average molecular weight is 249 g/mol. The normalized spacial score (nSPS) is 12.8. The number of hydrogen-bond acceptors (Lipinski definition) is 4. The molecule has 0 aliphatic rings. The van der Waals surface area contributed by atoms with Gasteiger partial charge in [0.2, 0.25) is 0 Å². The van der Waals surface area contributed by atoms with Crippen LogP contribution in [-0.2, 0) is 0 Å². The van der Waals surface area contributed by atoms with Crippen LogP contribution in [0.2, 0.25) is 0 Å². The van der Waals surface area contributed by atoms with Crippen molar-refractivity contribution in [3.63, 3.8) is 0 Å². The van der Waals surface area contributed by atoms with Gasteiger partial charge in [0.05, 0.1) is 12.7 Å². The Hall–Kier alpha value is -0.850. The summed E-state index contributed by atoms with van der Waals surface area (Å²) in [5.74, 6) is -2.48. The highest BCUT2D eigenvalue weighted by Gasteiger charge is 2.10. The Morgan fingerprint density at radius 3 is 2.62 bits per heavy atom. The summed E-state index contributed by atoms with van der Waals surface area (Å²) in [5, 5.41) is 20.5. The zero-order valence-electron chi connectivity index (χ0n) is 8.44. The number of anilines is 1. The van der Waals surface area contributed by atoms with E-state index in [0.29, 0.717) is 22.3 Å². The van der Waals surface area contributed by atoms with E-state index in [-0.39, 0.29) is 13.2 Å². The molecule has 0 bridgehead atoms. The first-order chi connectivity index (χ1) is 7.63. The highest BCUT2D eigenvalue weighted by Crippen LogP contribution is 2.31. The third-order valence-corrected chi connectivity index (χ3v) is 2.63. The van der Waals surface area contributed by atoms with Crippen molar-refractivity contribution in [3.05, 3.63) is 24.3 Å². The second-order valence-electron chi connectivity index (χ2n) is 3.09. The summed E-state index contributed by atoms with van der Waals surface area (Å²) in [6, 6.07) is 6.60. The minimum atomic E-state index is -2.48. The Labute approximate surface area is 96.5 Å². The molecule has 6 heteroatoms. The van der Waals surface area contributed by atoms with Gasteiger partial charge in [-0.05, 0) is 12.1 Å². The molecule has 0 fully saturated rings. The Bertz CT molecular complexity index is 325. The lowest BCUT2D eigenvalue weighted by atomic mass is 10.3. The Morgan fingerprint density at radius 2 is 2.00 bits per heavy atom. The molecular weight excluding hydrogens is 236 g/mol. The zero-order valence-corrected chi connectivity index (χ0v) is 9.25. The van der Waals surface area contributed by atoms with E-state index in [2.05, 4.69) is 5.32 Å². The predicted molar refractivity (Wildman–Crippen MR) is 59.9 cm³/mol. The van der Waals surface area contributed by atoms with E-state index in [0.717, 1.165) is 0 Å². The first kappa shape index (κ1) is 13.2. The van der Waals surface area contributed by atoms with E-state index in [1.165, 1.54) is 0 Å². The van der Waals surface area contributed by atoms with Crippen LogP contribution in [0, 0.1) is 0 Å². The van der Waals surface area contributed by atoms with Gasteiger partial charge in [0.15, 0.2) is 0 Å². The van der Waals surface area contributed by atoms with Gasteiger partial charge in [0.1, 0.15) is 0 Å². The van der Waals surface area contributed by atoms with Crippen molar-refractivity contribution in [2.45, 2.75) is 16.8 Å². The second kappa shape index (κ2) is 6.67.